The number of fused-ring (bicyclic) bond motifs is 1. The summed E-state index contributed by atoms with van der Waals surface area (Å²) in [7, 11) is 1.55. The molecule has 0 saturated carbocycles. The lowest BCUT2D eigenvalue weighted by Crippen LogP contribution is -2.29. The fourth-order valence-corrected chi connectivity index (χ4v) is 3.61. The maximum absolute atomic E-state index is 12.9. The number of nitrogen functional groups attached to an aromatic ring is 1. The van der Waals surface area contributed by atoms with E-state index in [0.717, 1.165) is 36.1 Å². The summed E-state index contributed by atoms with van der Waals surface area (Å²) in [5.41, 5.74) is 7.87. The summed E-state index contributed by atoms with van der Waals surface area (Å²) in [5, 5.41) is 1.04. The van der Waals surface area contributed by atoms with Gasteiger partial charge in [-0.25, -0.2) is 9.97 Å². The Labute approximate surface area is 158 Å². The van der Waals surface area contributed by atoms with Gasteiger partial charge in [0, 0.05) is 42.8 Å². The maximum atomic E-state index is 12.9. The van der Waals surface area contributed by atoms with Gasteiger partial charge in [-0.05, 0) is 30.5 Å². The molecular formula is C21H22N4O2. The third-order valence-electron chi connectivity index (χ3n) is 5.04. The lowest BCUT2D eigenvalue weighted by Gasteiger charge is -2.18. The van der Waals surface area contributed by atoms with Crippen molar-refractivity contribution < 1.29 is 9.53 Å². The molecule has 1 saturated heterocycles. The van der Waals surface area contributed by atoms with Gasteiger partial charge in [0.1, 0.15) is 11.6 Å². The number of rotatable bonds is 4. The molecule has 27 heavy (non-hydrogen) atoms. The zero-order valence-electron chi connectivity index (χ0n) is 15.3. The molecule has 0 unspecified atom stereocenters. The van der Waals surface area contributed by atoms with Gasteiger partial charge in [0.25, 0.3) is 5.91 Å². The molecule has 1 atom stereocenters. The minimum absolute atomic E-state index is 0.0196. The number of benzene rings is 2. The van der Waals surface area contributed by atoms with Gasteiger partial charge in [-0.3, -0.25) is 4.79 Å². The van der Waals surface area contributed by atoms with Crippen LogP contribution in [-0.2, 0) is 6.42 Å². The number of nitrogens with zero attached hydrogens (tertiary/aromatic N) is 3. The smallest absolute Gasteiger partial charge is 0.257 e. The van der Waals surface area contributed by atoms with E-state index in [2.05, 4.69) is 9.97 Å². The second kappa shape index (κ2) is 7.23. The zero-order valence-corrected chi connectivity index (χ0v) is 15.3. The predicted molar refractivity (Wildman–Crippen MR) is 105 cm³/mol. The van der Waals surface area contributed by atoms with E-state index in [1.165, 1.54) is 0 Å². The minimum Gasteiger partial charge on any atom is -0.496 e. The first-order valence-electron chi connectivity index (χ1n) is 9.07. The van der Waals surface area contributed by atoms with Crippen molar-refractivity contribution in [3.05, 3.63) is 60.0 Å². The van der Waals surface area contributed by atoms with E-state index in [-0.39, 0.29) is 5.91 Å². The van der Waals surface area contributed by atoms with Crippen LogP contribution in [0.15, 0.2) is 48.7 Å². The number of nitrogens with two attached hydrogens (primary N) is 1. The summed E-state index contributed by atoms with van der Waals surface area (Å²) < 4.78 is 5.32. The highest BCUT2D eigenvalue weighted by Gasteiger charge is 2.29. The molecule has 0 aliphatic carbocycles. The van der Waals surface area contributed by atoms with Crippen LogP contribution in [0.2, 0.25) is 0 Å². The quantitative estimate of drug-likeness (QED) is 0.722. The van der Waals surface area contributed by atoms with Crippen LogP contribution in [0, 0.1) is 5.92 Å². The summed E-state index contributed by atoms with van der Waals surface area (Å²) in [6.07, 6.45) is 3.58. The highest BCUT2D eigenvalue weighted by Crippen LogP contribution is 2.27. The Bertz CT molecular complexity index is 989. The summed E-state index contributed by atoms with van der Waals surface area (Å²) in [4.78, 5) is 23.9. The largest absolute Gasteiger partial charge is 0.496 e. The maximum Gasteiger partial charge on any atom is 0.257 e. The zero-order chi connectivity index (χ0) is 18.8. The van der Waals surface area contributed by atoms with Crippen LogP contribution in [0.25, 0.3) is 10.9 Å². The average Bonchev–Trinajstić information content (AvgIpc) is 3.15. The average molecular weight is 362 g/mol. The molecule has 0 radical (unpaired) electrons. The van der Waals surface area contributed by atoms with Gasteiger partial charge in [-0.1, -0.05) is 18.2 Å². The molecule has 0 bridgehead atoms. The topological polar surface area (TPSA) is 81.3 Å². The van der Waals surface area contributed by atoms with Crippen LogP contribution in [0.4, 0.5) is 5.69 Å². The number of aromatic nitrogens is 2. The Kier molecular flexibility index (Phi) is 4.62. The van der Waals surface area contributed by atoms with E-state index >= 15 is 0 Å². The number of amides is 1. The minimum atomic E-state index is -0.0196. The number of hydrogen-bond donors (Lipinski definition) is 1. The number of hydrogen-bond acceptors (Lipinski definition) is 5. The van der Waals surface area contributed by atoms with Crippen molar-refractivity contribution in [2.75, 3.05) is 25.9 Å². The second-order valence-electron chi connectivity index (χ2n) is 6.91. The van der Waals surface area contributed by atoms with E-state index in [9.17, 15) is 4.79 Å². The molecule has 6 heteroatoms. The number of anilines is 1. The molecule has 1 aliphatic rings. The monoisotopic (exact) mass is 362 g/mol. The third kappa shape index (κ3) is 3.56. The first-order valence-corrected chi connectivity index (χ1v) is 9.07. The number of ether oxygens (including phenoxy) is 1. The summed E-state index contributed by atoms with van der Waals surface area (Å²) in [6, 6.07) is 13.1. The first-order chi connectivity index (χ1) is 13.1. The number of para-hydroxylation sites is 1. The van der Waals surface area contributed by atoms with Crippen LogP contribution >= 0.6 is 0 Å². The van der Waals surface area contributed by atoms with Gasteiger partial charge >= 0.3 is 0 Å². The van der Waals surface area contributed by atoms with Crippen molar-refractivity contribution in [3.8, 4) is 5.75 Å². The van der Waals surface area contributed by atoms with Gasteiger partial charge in [-0.15, -0.1) is 0 Å². The van der Waals surface area contributed by atoms with Gasteiger partial charge < -0.3 is 15.4 Å². The SMILES string of the molecule is COc1cc(N)ccc1C(=O)N1CC[C@@H](Cc2ncc3ccccc3n2)C1. The lowest BCUT2D eigenvalue weighted by atomic mass is 10.0. The molecule has 0 spiro atoms. The lowest BCUT2D eigenvalue weighted by molar-refractivity contribution is 0.0783. The van der Waals surface area contributed by atoms with Crippen molar-refractivity contribution in [3.63, 3.8) is 0 Å². The molecular weight excluding hydrogens is 340 g/mol. The van der Waals surface area contributed by atoms with E-state index in [1.54, 1.807) is 25.3 Å². The van der Waals surface area contributed by atoms with E-state index in [4.69, 9.17) is 10.5 Å². The molecule has 2 heterocycles. The Morgan fingerprint density at radius 2 is 2.15 bits per heavy atom. The number of carbonyl (C=O) groups excluding carboxylic acids is 1. The van der Waals surface area contributed by atoms with Gasteiger partial charge in [0.15, 0.2) is 0 Å². The molecule has 2 N–H and O–H groups in total. The number of methoxy groups -OCH3 is 1. The van der Waals surface area contributed by atoms with Crippen LogP contribution in [0.5, 0.6) is 5.75 Å². The highest BCUT2D eigenvalue weighted by atomic mass is 16.5. The van der Waals surface area contributed by atoms with Crippen molar-refractivity contribution in [1.29, 1.82) is 0 Å². The number of carbonyl (C=O) groups is 1. The summed E-state index contributed by atoms with van der Waals surface area (Å²) in [6.45, 7) is 1.42. The molecule has 1 amide bonds. The third-order valence-corrected chi connectivity index (χ3v) is 5.04. The van der Waals surface area contributed by atoms with E-state index in [0.29, 0.717) is 29.5 Å². The van der Waals surface area contributed by atoms with Crippen LogP contribution in [-0.4, -0.2) is 41.0 Å². The Morgan fingerprint density at radius 1 is 1.30 bits per heavy atom. The predicted octanol–water partition coefficient (Wildman–Crippen LogP) is 2.93. The molecule has 138 valence electrons. The van der Waals surface area contributed by atoms with Crippen LogP contribution in [0.1, 0.15) is 22.6 Å². The molecule has 3 aromatic rings. The Morgan fingerprint density at radius 3 is 3.00 bits per heavy atom. The summed E-state index contributed by atoms with van der Waals surface area (Å²) in [5.74, 6) is 1.68. The fraction of sp³-hybridized carbons (Fsp3) is 0.286. The molecule has 1 fully saturated rings. The second-order valence-corrected chi connectivity index (χ2v) is 6.91. The molecule has 2 aromatic carbocycles. The van der Waals surface area contributed by atoms with Gasteiger partial charge in [-0.2, -0.15) is 0 Å². The standard InChI is InChI=1S/C21H22N4O2/c1-27-19-11-16(22)6-7-17(19)21(26)25-9-8-14(13-25)10-20-23-12-15-4-2-3-5-18(15)24-20/h2-7,11-12,14H,8-10,13,22H2,1H3/t14-/m0/s1. The fourth-order valence-electron chi connectivity index (χ4n) is 3.61. The van der Waals surface area contributed by atoms with E-state index in [1.807, 2.05) is 35.4 Å². The number of likely N-dealkylation sites (tertiary alicyclic amines) is 1. The van der Waals surface area contributed by atoms with Crippen LogP contribution in [0.3, 0.4) is 0 Å². The van der Waals surface area contributed by atoms with Gasteiger partial charge in [0.05, 0.1) is 18.2 Å². The van der Waals surface area contributed by atoms with Crippen molar-refractivity contribution in [1.82, 2.24) is 14.9 Å². The molecule has 6 nitrogen and oxygen atoms in total. The van der Waals surface area contributed by atoms with Crippen molar-refractivity contribution in [2.24, 2.45) is 5.92 Å². The molecule has 1 aromatic heterocycles. The highest BCUT2D eigenvalue weighted by molar-refractivity contribution is 5.97. The van der Waals surface area contributed by atoms with Gasteiger partial charge in [0.2, 0.25) is 0 Å². The normalized spacial score (nSPS) is 16.6. The van der Waals surface area contributed by atoms with Crippen molar-refractivity contribution in [2.45, 2.75) is 12.8 Å². The Hall–Kier alpha value is -3.15. The molecule has 4 rings (SSSR count). The summed E-state index contributed by atoms with van der Waals surface area (Å²) >= 11 is 0. The first kappa shape index (κ1) is 17.3. The van der Waals surface area contributed by atoms with Crippen molar-refractivity contribution >= 4 is 22.5 Å². The molecule has 1 aliphatic heterocycles. The Balaban J connectivity index is 1.45. The van der Waals surface area contributed by atoms with Crippen LogP contribution < -0.4 is 10.5 Å². The van der Waals surface area contributed by atoms with E-state index < -0.39 is 0 Å².